The summed E-state index contributed by atoms with van der Waals surface area (Å²) in [6.45, 7) is 3.27. The van der Waals surface area contributed by atoms with E-state index in [0.717, 1.165) is 5.56 Å². The lowest BCUT2D eigenvalue weighted by atomic mass is 10.1. The summed E-state index contributed by atoms with van der Waals surface area (Å²) in [5, 5.41) is 15.4. The van der Waals surface area contributed by atoms with Crippen LogP contribution >= 0.6 is 15.9 Å². The monoisotopic (exact) mass is 337 g/mol. The molecule has 0 fully saturated rings. The van der Waals surface area contributed by atoms with Gasteiger partial charge in [-0.05, 0) is 35.8 Å². The number of aryl methyl sites for hydroxylation is 1. The molecule has 104 valence electrons. The minimum atomic E-state index is -0.455. The van der Waals surface area contributed by atoms with Crippen LogP contribution in [-0.2, 0) is 11.2 Å². The maximum absolute atomic E-state index is 11.3. The Morgan fingerprint density at radius 1 is 1.45 bits per heavy atom. The highest BCUT2D eigenvalue weighted by Gasteiger charge is 2.21. The lowest BCUT2D eigenvalue weighted by Gasteiger charge is -2.04. The molecule has 2 aromatic rings. The molecule has 0 N–H and O–H groups in total. The van der Waals surface area contributed by atoms with E-state index in [4.69, 9.17) is 0 Å². The fraction of sp³-hybridized carbons (Fsp3) is 0.231. The summed E-state index contributed by atoms with van der Waals surface area (Å²) >= 11 is 3.38. The van der Waals surface area contributed by atoms with Crippen LogP contribution in [0.5, 0.6) is 0 Å². The average molecular weight is 338 g/mol. The van der Waals surface area contributed by atoms with Crippen molar-refractivity contribution in [3.63, 3.8) is 0 Å². The Labute approximate surface area is 123 Å². The van der Waals surface area contributed by atoms with Gasteiger partial charge in [-0.3, -0.25) is 14.9 Å². The molecular formula is C13H12BrN3O3. The second kappa shape index (κ2) is 5.54. The molecule has 1 aromatic heterocycles. The van der Waals surface area contributed by atoms with Crippen LogP contribution in [0.3, 0.4) is 0 Å². The molecule has 20 heavy (non-hydrogen) atoms. The van der Waals surface area contributed by atoms with Crippen LogP contribution in [0.25, 0.3) is 5.69 Å². The van der Waals surface area contributed by atoms with Gasteiger partial charge in [0, 0.05) is 18.1 Å². The van der Waals surface area contributed by atoms with E-state index in [1.807, 2.05) is 0 Å². The van der Waals surface area contributed by atoms with Gasteiger partial charge in [0.1, 0.15) is 16.1 Å². The first-order chi connectivity index (χ1) is 9.41. The second-order valence-corrected chi connectivity index (χ2v) is 5.14. The molecule has 0 saturated carbocycles. The van der Waals surface area contributed by atoms with Gasteiger partial charge in [0.2, 0.25) is 0 Å². The van der Waals surface area contributed by atoms with Gasteiger partial charge in [-0.2, -0.15) is 5.10 Å². The minimum Gasteiger partial charge on any atom is -0.300 e. The summed E-state index contributed by atoms with van der Waals surface area (Å²) in [4.78, 5) is 21.9. The first kappa shape index (κ1) is 14.4. The number of hydrogen-bond donors (Lipinski definition) is 0. The third kappa shape index (κ3) is 2.62. The van der Waals surface area contributed by atoms with Gasteiger partial charge in [-0.15, -0.1) is 0 Å². The number of ketones is 1. The smallest absolute Gasteiger partial charge is 0.294 e. The van der Waals surface area contributed by atoms with E-state index in [9.17, 15) is 14.9 Å². The lowest BCUT2D eigenvalue weighted by Crippen LogP contribution is -2.02. The molecule has 7 heteroatoms. The third-order valence-electron chi connectivity index (χ3n) is 2.85. The number of para-hydroxylation sites is 2. The highest BCUT2D eigenvalue weighted by molar-refractivity contribution is 9.10. The van der Waals surface area contributed by atoms with E-state index in [1.54, 1.807) is 25.1 Å². The number of nitro groups is 1. The fourth-order valence-electron chi connectivity index (χ4n) is 1.94. The minimum absolute atomic E-state index is 0.0101. The van der Waals surface area contributed by atoms with Crippen molar-refractivity contribution in [2.24, 2.45) is 0 Å². The summed E-state index contributed by atoms with van der Waals surface area (Å²) in [5.41, 5.74) is 1.74. The van der Waals surface area contributed by atoms with E-state index < -0.39 is 4.92 Å². The third-order valence-corrected chi connectivity index (χ3v) is 3.67. The molecule has 1 aromatic carbocycles. The number of hydrogen-bond acceptors (Lipinski definition) is 4. The molecule has 0 bridgehead atoms. The van der Waals surface area contributed by atoms with Crippen molar-refractivity contribution in [2.75, 3.05) is 0 Å². The molecule has 2 rings (SSSR count). The Morgan fingerprint density at radius 3 is 2.70 bits per heavy atom. The van der Waals surface area contributed by atoms with Gasteiger partial charge in [-0.25, -0.2) is 4.68 Å². The van der Waals surface area contributed by atoms with Crippen molar-refractivity contribution in [3.05, 3.63) is 50.2 Å². The van der Waals surface area contributed by atoms with Crippen molar-refractivity contribution >= 4 is 27.4 Å². The van der Waals surface area contributed by atoms with Crippen molar-refractivity contribution in [1.82, 2.24) is 9.78 Å². The number of carbonyl (C=O) groups is 1. The summed E-state index contributed by atoms with van der Waals surface area (Å²) < 4.78 is 2.02. The number of nitrogens with zero attached hydrogens (tertiary/aromatic N) is 3. The number of carbonyl (C=O) groups excluding carboxylic acids is 1. The van der Waals surface area contributed by atoms with E-state index in [2.05, 4.69) is 21.0 Å². The number of Topliss-reactive ketones (excluding diaryl/α,β-unsaturated/α-hetero) is 1. The summed E-state index contributed by atoms with van der Waals surface area (Å²) in [6.07, 6.45) is 0.243. The van der Waals surface area contributed by atoms with Crippen LogP contribution in [0.15, 0.2) is 28.9 Å². The number of benzene rings is 1. The lowest BCUT2D eigenvalue weighted by molar-refractivity contribution is -0.384. The van der Waals surface area contributed by atoms with Crippen molar-refractivity contribution < 1.29 is 9.72 Å². The Bertz CT molecular complexity index is 694. The predicted molar refractivity (Wildman–Crippen MR) is 77.0 cm³/mol. The van der Waals surface area contributed by atoms with E-state index >= 15 is 0 Å². The first-order valence-electron chi connectivity index (χ1n) is 5.89. The van der Waals surface area contributed by atoms with Crippen LogP contribution in [0.2, 0.25) is 0 Å². The Morgan fingerprint density at radius 2 is 2.10 bits per heavy atom. The topological polar surface area (TPSA) is 78.0 Å². The Balaban J connectivity index is 2.60. The van der Waals surface area contributed by atoms with Crippen molar-refractivity contribution in [1.29, 1.82) is 0 Å². The van der Waals surface area contributed by atoms with Gasteiger partial charge < -0.3 is 0 Å². The standard InChI is InChI=1S/C13H12BrN3O3/c1-8(18)7-10-9(2)15-16(13(10)14)11-5-3-4-6-12(11)17(19)20/h3-6H,7H2,1-2H3. The first-order valence-corrected chi connectivity index (χ1v) is 6.68. The molecule has 0 aliphatic carbocycles. The zero-order chi connectivity index (χ0) is 14.9. The molecule has 0 saturated heterocycles. The second-order valence-electron chi connectivity index (χ2n) is 4.39. The van der Waals surface area contributed by atoms with E-state index in [0.29, 0.717) is 16.0 Å². The molecule has 0 radical (unpaired) electrons. The molecule has 0 aliphatic rings. The molecule has 6 nitrogen and oxygen atoms in total. The number of rotatable bonds is 4. The summed E-state index contributed by atoms with van der Waals surface area (Å²) in [7, 11) is 0. The van der Waals surface area contributed by atoms with E-state index in [1.165, 1.54) is 17.7 Å². The number of aromatic nitrogens is 2. The zero-order valence-electron chi connectivity index (χ0n) is 11.0. The molecule has 0 unspecified atom stereocenters. The van der Waals surface area contributed by atoms with Gasteiger partial charge in [0.05, 0.1) is 10.6 Å². The van der Waals surface area contributed by atoms with E-state index in [-0.39, 0.29) is 17.9 Å². The molecule has 0 aliphatic heterocycles. The van der Waals surface area contributed by atoms with Crippen LogP contribution < -0.4 is 0 Å². The summed E-state index contributed by atoms with van der Waals surface area (Å²) in [5.74, 6) is 0.0101. The average Bonchev–Trinajstić information content (AvgIpc) is 2.66. The van der Waals surface area contributed by atoms with Crippen LogP contribution in [0, 0.1) is 17.0 Å². The van der Waals surface area contributed by atoms with Gasteiger partial charge >= 0.3 is 0 Å². The Kier molecular flexibility index (Phi) is 3.99. The normalized spacial score (nSPS) is 10.6. The fourth-order valence-corrected chi connectivity index (χ4v) is 2.64. The molecular weight excluding hydrogens is 326 g/mol. The zero-order valence-corrected chi connectivity index (χ0v) is 12.5. The molecule has 1 heterocycles. The largest absolute Gasteiger partial charge is 0.300 e. The molecule has 0 spiro atoms. The van der Waals surface area contributed by atoms with Gasteiger partial charge in [0.15, 0.2) is 0 Å². The van der Waals surface area contributed by atoms with Crippen LogP contribution in [0.1, 0.15) is 18.2 Å². The predicted octanol–water partition coefficient (Wildman–Crippen LogP) is 2.98. The maximum atomic E-state index is 11.3. The highest BCUT2D eigenvalue weighted by atomic mass is 79.9. The summed E-state index contributed by atoms with van der Waals surface area (Å²) in [6, 6.07) is 6.34. The molecule has 0 amide bonds. The van der Waals surface area contributed by atoms with Crippen molar-refractivity contribution in [3.8, 4) is 5.69 Å². The van der Waals surface area contributed by atoms with Gasteiger partial charge in [0.25, 0.3) is 5.69 Å². The van der Waals surface area contributed by atoms with Crippen LogP contribution in [0.4, 0.5) is 5.69 Å². The number of nitro benzene ring substituents is 1. The highest BCUT2D eigenvalue weighted by Crippen LogP contribution is 2.29. The quantitative estimate of drug-likeness (QED) is 0.634. The molecule has 0 atom stereocenters. The van der Waals surface area contributed by atoms with Crippen molar-refractivity contribution in [2.45, 2.75) is 20.3 Å². The Hall–Kier alpha value is -2.02. The SMILES string of the molecule is CC(=O)Cc1c(C)nn(-c2ccccc2[N+](=O)[O-])c1Br. The number of halogens is 1. The van der Waals surface area contributed by atoms with Gasteiger partial charge in [-0.1, -0.05) is 12.1 Å². The van der Waals surface area contributed by atoms with Crippen LogP contribution in [-0.4, -0.2) is 20.5 Å². The maximum Gasteiger partial charge on any atom is 0.294 e.